The third-order valence-electron chi connectivity index (χ3n) is 0.462. The Morgan fingerprint density at radius 3 is 2.25 bits per heavy atom. The number of aliphatic carboxylic acids is 1. The second-order valence-corrected chi connectivity index (χ2v) is 2.21. The Kier molecular flexibility index (Phi) is 8.09. The van der Waals surface area contributed by atoms with Gasteiger partial charge in [-0.05, 0) is 0 Å². The van der Waals surface area contributed by atoms with Gasteiger partial charge in [0.1, 0.15) is 0 Å². The van der Waals surface area contributed by atoms with Gasteiger partial charge in [0.25, 0.3) is 0 Å². The first kappa shape index (κ1) is 11.4. The van der Waals surface area contributed by atoms with E-state index in [0.29, 0.717) is 0 Å². The van der Waals surface area contributed by atoms with Crippen LogP contribution < -0.4 is 0 Å². The van der Waals surface area contributed by atoms with E-state index in [1.54, 1.807) is 6.92 Å². The molecule has 0 saturated carbocycles. The summed E-state index contributed by atoms with van der Waals surface area (Å²) in [5.74, 6) is -0.817. The van der Waals surface area contributed by atoms with E-state index in [2.05, 4.69) is 12.6 Å². The Morgan fingerprint density at radius 1 is 1.88 bits per heavy atom. The number of hydrogen-bond acceptors (Lipinski definition) is 2. The van der Waals surface area contributed by atoms with Crippen LogP contribution >= 0.6 is 0 Å². The maximum Gasteiger partial charge on any atom is 1.00 e. The second kappa shape index (κ2) is 5.69. The van der Waals surface area contributed by atoms with Crippen molar-refractivity contribution < 1.29 is 32.3 Å². The third kappa shape index (κ3) is 9.75. The first-order valence-electron chi connectivity index (χ1n) is 2.00. The minimum absolute atomic E-state index is 0. The normalized spacial score (nSPS) is 11.8. The van der Waals surface area contributed by atoms with E-state index in [4.69, 9.17) is 5.11 Å². The number of hydrogen-bond donors (Lipinski definition) is 1. The molecule has 0 amide bonds. The van der Waals surface area contributed by atoms with Crippen LogP contribution in [0.3, 0.4) is 0 Å². The molecule has 4 heteroatoms. The summed E-state index contributed by atoms with van der Waals surface area (Å²) in [5, 5.41) is 7.88. The van der Waals surface area contributed by atoms with Gasteiger partial charge in [0, 0.05) is 6.42 Å². The van der Waals surface area contributed by atoms with Crippen LogP contribution in [0, 0.1) is 0 Å². The molecule has 52 valence electrons. The SMILES string of the molecule is CC([S-])CC(=O)O.[Au+]. The van der Waals surface area contributed by atoms with E-state index in [1.807, 2.05) is 0 Å². The molecule has 0 aromatic carbocycles. The van der Waals surface area contributed by atoms with Crippen molar-refractivity contribution in [2.75, 3.05) is 0 Å². The Morgan fingerprint density at radius 2 is 2.25 bits per heavy atom. The number of carboxylic acid groups (broad SMARTS) is 1. The van der Waals surface area contributed by atoms with Gasteiger partial charge in [0.05, 0.1) is 0 Å². The van der Waals surface area contributed by atoms with E-state index in [0.717, 1.165) is 0 Å². The largest absolute Gasteiger partial charge is 1.00 e. The Hall–Kier alpha value is 0.560. The molecular formula is C4H7AuO2S. The summed E-state index contributed by atoms with van der Waals surface area (Å²) in [6.07, 6.45) is 0.0926. The quantitative estimate of drug-likeness (QED) is 0.592. The Labute approximate surface area is 69.6 Å². The smallest absolute Gasteiger partial charge is 0.789 e. The Balaban J connectivity index is 0. The molecule has 0 fully saturated rings. The second-order valence-electron chi connectivity index (χ2n) is 1.41. The van der Waals surface area contributed by atoms with Gasteiger partial charge >= 0.3 is 28.3 Å². The van der Waals surface area contributed by atoms with Gasteiger partial charge in [-0.25, -0.2) is 0 Å². The zero-order valence-corrected chi connectivity index (χ0v) is 7.33. The molecule has 1 unspecified atom stereocenters. The molecule has 8 heavy (non-hydrogen) atoms. The summed E-state index contributed by atoms with van der Waals surface area (Å²) in [6, 6.07) is 0. The van der Waals surface area contributed by atoms with Gasteiger partial charge in [-0.1, -0.05) is 6.92 Å². The van der Waals surface area contributed by atoms with Gasteiger partial charge in [0.15, 0.2) is 0 Å². The van der Waals surface area contributed by atoms with Crippen molar-refractivity contribution in [2.24, 2.45) is 0 Å². The van der Waals surface area contributed by atoms with Crippen molar-refractivity contribution in [3.8, 4) is 0 Å². The predicted octanol–water partition coefficient (Wildman–Crippen LogP) is 0.394. The maximum atomic E-state index is 9.74. The summed E-state index contributed by atoms with van der Waals surface area (Å²) in [6.45, 7) is 1.70. The molecule has 1 atom stereocenters. The zero-order chi connectivity index (χ0) is 5.86. The van der Waals surface area contributed by atoms with E-state index in [-0.39, 0.29) is 34.1 Å². The molecule has 0 aliphatic rings. The average molecular weight is 316 g/mol. The van der Waals surface area contributed by atoms with Crippen molar-refractivity contribution in [2.45, 2.75) is 18.6 Å². The van der Waals surface area contributed by atoms with E-state index in [9.17, 15) is 4.79 Å². The van der Waals surface area contributed by atoms with Crippen molar-refractivity contribution >= 4 is 18.6 Å². The molecule has 0 bridgehead atoms. The maximum absolute atomic E-state index is 9.74. The topological polar surface area (TPSA) is 37.3 Å². The number of carbonyl (C=O) groups is 1. The zero-order valence-electron chi connectivity index (χ0n) is 4.35. The standard InChI is InChI=1S/C4H8O2S.Au/c1-3(7)2-4(5)6;/h3,7H,2H2,1H3,(H,5,6);/q;+1/p-1. The van der Waals surface area contributed by atoms with Crippen LogP contribution in [0.1, 0.15) is 13.3 Å². The van der Waals surface area contributed by atoms with Crippen LogP contribution in [-0.4, -0.2) is 16.3 Å². The molecule has 2 nitrogen and oxygen atoms in total. The van der Waals surface area contributed by atoms with Crippen LogP contribution in [0.4, 0.5) is 0 Å². The summed E-state index contributed by atoms with van der Waals surface area (Å²) in [7, 11) is 0. The summed E-state index contributed by atoms with van der Waals surface area (Å²) < 4.78 is 0. The average Bonchev–Trinajstić information content (AvgIpc) is 1.27. The van der Waals surface area contributed by atoms with Crippen molar-refractivity contribution in [3.05, 3.63) is 0 Å². The minimum Gasteiger partial charge on any atom is -0.789 e. The van der Waals surface area contributed by atoms with Crippen LogP contribution in [-0.2, 0) is 39.8 Å². The molecule has 0 heterocycles. The van der Waals surface area contributed by atoms with Gasteiger partial charge in [-0.2, -0.15) is 5.25 Å². The van der Waals surface area contributed by atoms with E-state index in [1.165, 1.54) is 0 Å². The monoisotopic (exact) mass is 316 g/mol. The van der Waals surface area contributed by atoms with Gasteiger partial charge in [-0.15, -0.1) is 0 Å². The Bertz CT molecular complexity index is 74.4. The van der Waals surface area contributed by atoms with Crippen LogP contribution in [0.5, 0.6) is 0 Å². The molecule has 0 rings (SSSR count). The third-order valence-corrected chi connectivity index (χ3v) is 0.629. The molecule has 1 N–H and O–H groups in total. The van der Waals surface area contributed by atoms with Crippen molar-refractivity contribution in [1.29, 1.82) is 0 Å². The van der Waals surface area contributed by atoms with Crippen LogP contribution in [0.15, 0.2) is 0 Å². The fourth-order valence-electron chi connectivity index (χ4n) is 0.246. The fraction of sp³-hybridized carbons (Fsp3) is 0.750. The molecule has 0 aliphatic heterocycles. The summed E-state index contributed by atoms with van der Waals surface area (Å²) in [5.41, 5.74) is 0. The fourth-order valence-corrected chi connectivity index (χ4v) is 0.388. The van der Waals surface area contributed by atoms with Crippen molar-refractivity contribution in [1.82, 2.24) is 0 Å². The van der Waals surface area contributed by atoms with E-state index < -0.39 is 5.97 Å². The molecule has 0 spiro atoms. The molecule has 0 saturated heterocycles. The summed E-state index contributed by atoms with van der Waals surface area (Å²) >= 11 is 4.57. The molecule has 0 radical (unpaired) electrons. The van der Waals surface area contributed by atoms with E-state index >= 15 is 0 Å². The minimum atomic E-state index is -0.817. The molecular weight excluding hydrogens is 309 g/mol. The predicted molar refractivity (Wildman–Crippen MR) is 29.1 cm³/mol. The van der Waals surface area contributed by atoms with Gasteiger partial charge < -0.3 is 17.7 Å². The van der Waals surface area contributed by atoms with Crippen LogP contribution in [0.25, 0.3) is 0 Å². The first-order valence-corrected chi connectivity index (χ1v) is 2.47. The summed E-state index contributed by atoms with van der Waals surface area (Å²) in [4.78, 5) is 9.74. The first-order chi connectivity index (χ1) is 3.13. The van der Waals surface area contributed by atoms with Crippen LogP contribution in [0.2, 0.25) is 0 Å². The molecule has 0 aromatic heterocycles. The number of rotatable bonds is 2. The number of carboxylic acids is 1. The van der Waals surface area contributed by atoms with Gasteiger partial charge in [-0.3, -0.25) is 4.79 Å². The molecule has 0 aromatic rings. The van der Waals surface area contributed by atoms with Crippen molar-refractivity contribution in [3.63, 3.8) is 0 Å². The molecule has 0 aliphatic carbocycles. The van der Waals surface area contributed by atoms with Gasteiger partial charge in [0.2, 0.25) is 0 Å².